The molecule has 3 nitrogen and oxygen atoms in total. The van der Waals surface area contributed by atoms with Crippen LogP contribution in [0.1, 0.15) is 0 Å². The second-order valence-electron chi connectivity index (χ2n) is 0.577. The summed E-state index contributed by atoms with van der Waals surface area (Å²) in [5, 5.41) is 0. The van der Waals surface area contributed by atoms with Gasteiger partial charge >= 0.3 is 14.8 Å². The summed E-state index contributed by atoms with van der Waals surface area (Å²) < 4.78 is 14.4. The molecule has 0 fully saturated rings. The molecule has 0 atom stereocenters. The Bertz CT molecular complexity index is 8.00. The quantitative estimate of drug-likeness (QED) is 0.287. The minimum absolute atomic E-state index is 1.64. The fraction of sp³-hybridized carbons (Fsp3) is 0. The Hall–Kier alpha value is 0.412. The van der Waals surface area contributed by atoms with Gasteiger partial charge in [0.05, 0.1) is 0 Å². The van der Waals surface area contributed by atoms with Crippen LogP contribution in [-0.4, -0.2) is 14.8 Å². The first-order chi connectivity index (χ1) is 1.73. The summed E-state index contributed by atoms with van der Waals surface area (Å²) in [5.74, 6) is 0. The highest BCUT2D eigenvalue weighted by Gasteiger charge is 1.90. The molecular formula is H6AlN3. The Kier molecular flexibility index (Phi) is 1.88. The van der Waals surface area contributed by atoms with E-state index in [1.54, 1.807) is 0 Å². The van der Waals surface area contributed by atoms with Gasteiger partial charge in [-0.25, -0.2) is 0 Å². The van der Waals surface area contributed by atoms with Gasteiger partial charge < -0.3 is 14.2 Å². The molecule has 0 aromatic rings. The second-order valence-corrected chi connectivity index (χ2v) is 1.73. The highest BCUT2D eigenvalue weighted by Crippen LogP contribution is 1.06. The summed E-state index contributed by atoms with van der Waals surface area (Å²) in [6, 6.07) is 0. The molecule has 0 saturated heterocycles. The lowest BCUT2D eigenvalue weighted by atomic mass is 13.8. The molecule has 0 saturated carbocycles. The molecule has 0 rings (SSSR count). The maximum absolute atomic E-state index is 4.81. The summed E-state index contributed by atoms with van der Waals surface area (Å²) in [7, 11) is 0. The highest BCUT2D eigenvalue weighted by atomic mass is 27.2. The fourth-order valence-electron chi connectivity index (χ4n) is 0. The average molecular weight is 75.1 g/mol. The van der Waals surface area contributed by atoms with Gasteiger partial charge in [0.1, 0.15) is 0 Å². The van der Waals surface area contributed by atoms with Crippen LogP contribution in [0.25, 0.3) is 0 Å². The zero-order chi connectivity index (χ0) is 3.58. The van der Waals surface area contributed by atoms with Gasteiger partial charge in [0.25, 0.3) is 0 Å². The van der Waals surface area contributed by atoms with Gasteiger partial charge in [-0.15, -0.1) is 0 Å². The lowest BCUT2D eigenvalue weighted by Gasteiger charge is -1.70. The molecule has 0 amide bonds. The molecule has 0 aliphatic carbocycles. The van der Waals surface area contributed by atoms with E-state index in [0.29, 0.717) is 0 Å². The summed E-state index contributed by atoms with van der Waals surface area (Å²) in [6.07, 6.45) is 0. The van der Waals surface area contributed by atoms with E-state index in [2.05, 4.69) is 0 Å². The molecule has 6 N–H and O–H groups in total. The third-order valence-corrected chi connectivity index (χ3v) is 0. The smallest absolute Gasteiger partial charge is 0.385 e. The van der Waals surface area contributed by atoms with Gasteiger partial charge in [-0.3, -0.25) is 0 Å². The molecule has 4 heavy (non-hydrogen) atoms. The fourth-order valence-corrected chi connectivity index (χ4v) is 0. The number of nitrogens with two attached hydrogens (primary N) is 3. The van der Waals surface area contributed by atoms with E-state index in [4.69, 9.17) is 14.2 Å². The largest absolute Gasteiger partial charge is 0.591 e. The molecule has 0 spiro atoms. The Labute approximate surface area is 29.8 Å². The van der Waals surface area contributed by atoms with Crippen molar-refractivity contribution in [2.75, 3.05) is 0 Å². The van der Waals surface area contributed by atoms with Crippen molar-refractivity contribution < 1.29 is 0 Å². The van der Waals surface area contributed by atoms with Crippen molar-refractivity contribution in [3.05, 3.63) is 0 Å². The maximum atomic E-state index is 4.81. The Morgan fingerprint density at radius 2 is 1.00 bits per heavy atom. The lowest BCUT2D eigenvalue weighted by Crippen LogP contribution is -2.46. The highest BCUT2D eigenvalue weighted by molar-refractivity contribution is 6.47. The summed E-state index contributed by atoms with van der Waals surface area (Å²) in [4.78, 5) is 0. The van der Waals surface area contributed by atoms with Crippen molar-refractivity contribution >= 4 is 14.8 Å². The van der Waals surface area contributed by atoms with E-state index < -0.39 is 14.8 Å². The van der Waals surface area contributed by atoms with Crippen molar-refractivity contribution in [3.63, 3.8) is 0 Å². The van der Waals surface area contributed by atoms with Crippen molar-refractivity contribution in [1.82, 2.24) is 0 Å². The van der Waals surface area contributed by atoms with E-state index in [1.165, 1.54) is 0 Å². The van der Waals surface area contributed by atoms with Gasteiger partial charge in [0, 0.05) is 0 Å². The first kappa shape index (κ1) is 4.41. The van der Waals surface area contributed by atoms with Gasteiger partial charge in [0.15, 0.2) is 0 Å². The van der Waals surface area contributed by atoms with Crippen LogP contribution in [0.3, 0.4) is 0 Å². The minimum atomic E-state index is -1.64. The topological polar surface area (TPSA) is 78.1 Å². The van der Waals surface area contributed by atoms with Crippen LogP contribution in [0.5, 0.6) is 0 Å². The van der Waals surface area contributed by atoms with Crippen LogP contribution in [0, 0.1) is 0 Å². The molecule has 4 heteroatoms. The third kappa shape index (κ3) is 28.3. The Morgan fingerprint density at radius 3 is 1.00 bits per heavy atom. The van der Waals surface area contributed by atoms with Crippen LogP contribution >= 0.6 is 0 Å². The van der Waals surface area contributed by atoms with E-state index in [-0.39, 0.29) is 0 Å². The van der Waals surface area contributed by atoms with Gasteiger partial charge in [-0.1, -0.05) is 0 Å². The first-order valence-corrected chi connectivity index (χ1v) is 3.00. The predicted octanol–water partition coefficient (Wildman–Crippen LogP) is -2.15. The Balaban J connectivity index is 2.32. The molecule has 0 radical (unpaired) electrons. The van der Waals surface area contributed by atoms with Gasteiger partial charge in [0.2, 0.25) is 0 Å². The minimum Gasteiger partial charge on any atom is -0.385 e. The molecule has 0 unspecified atom stereocenters. The summed E-state index contributed by atoms with van der Waals surface area (Å²) >= 11 is -1.64. The number of rotatable bonds is 0. The van der Waals surface area contributed by atoms with Crippen LogP contribution in [-0.2, 0) is 0 Å². The second kappa shape index (κ2) is 1.71. The molecule has 0 aliphatic heterocycles. The van der Waals surface area contributed by atoms with Crippen molar-refractivity contribution in [2.45, 2.75) is 0 Å². The van der Waals surface area contributed by atoms with Gasteiger partial charge in [-0.05, 0) is 0 Å². The average Bonchev–Trinajstić information content (AvgIpc) is 0.811. The molecule has 0 heterocycles. The van der Waals surface area contributed by atoms with Crippen LogP contribution in [0.15, 0.2) is 0 Å². The SMILES string of the molecule is [NH2][Al]([NH2])[NH2]. The molecule has 0 aromatic carbocycles. The molecule has 0 bridgehead atoms. The molecule has 0 aliphatic rings. The maximum Gasteiger partial charge on any atom is 0.591 e. The van der Waals surface area contributed by atoms with E-state index in [1.807, 2.05) is 0 Å². The Morgan fingerprint density at radius 1 is 1.00 bits per heavy atom. The summed E-state index contributed by atoms with van der Waals surface area (Å²) in [6.45, 7) is 0. The molecule has 0 aromatic heterocycles. The zero-order valence-corrected chi connectivity index (χ0v) is 3.46. The normalized spacial score (nSPS) is 6.75. The van der Waals surface area contributed by atoms with Crippen LogP contribution < -0.4 is 14.2 Å². The lowest BCUT2D eigenvalue weighted by molar-refractivity contribution is 1.55. The van der Waals surface area contributed by atoms with Crippen molar-refractivity contribution in [1.29, 1.82) is 0 Å². The standard InChI is InChI=1S/Al.3H2N/h;3*1H2/q+3;3*-1. The third-order valence-electron chi connectivity index (χ3n) is 0. The zero-order valence-electron chi connectivity index (χ0n) is 2.31. The summed E-state index contributed by atoms with van der Waals surface area (Å²) in [5.41, 5.74) is 0. The van der Waals surface area contributed by atoms with E-state index in [9.17, 15) is 0 Å². The van der Waals surface area contributed by atoms with E-state index in [0.717, 1.165) is 0 Å². The van der Waals surface area contributed by atoms with E-state index >= 15 is 0 Å². The van der Waals surface area contributed by atoms with Crippen molar-refractivity contribution in [3.8, 4) is 0 Å². The monoisotopic (exact) mass is 75.0 g/mol. The van der Waals surface area contributed by atoms with Crippen LogP contribution in [0.2, 0.25) is 0 Å². The predicted molar refractivity (Wildman–Crippen MR) is 18.3 cm³/mol. The molecular weight excluding hydrogens is 69.0 g/mol. The van der Waals surface area contributed by atoms with Crippen molar-refractivity contribution in [2.24, 2.45) is 14.2 Å². The number of hydrogen-bond donors (Lipinski definition) is 3. The van der Waals surface area contributed by atoms with Crippen LogP contribution in [0.4, 0.5) is 0 Å². The first-order valence-electron chi connectivity index (χ1n) is 1.00. The number of hydrogen-bond acceptors (Lipinski definition) is 3. The molecule has 24 valence electrons. The van der Waals surface area contributed by atoms with Gasteiger partial charge in [-0.2, -0.15) is 0 Å².